The van der Waals surface area contributed by atoms with E-state index < -0.39 is 17.5 Å². The van der Waals surface area contributed by atoms with Crippen molar-refractivity contribution in [1.29, 1.82) is 0 Å². The molecule has 4 nitrogen and oxygen atoms in total. The molecule has 17 heavy (non-hydrogen) atoms. The number of alkyl halides is 3. The largest absolute Gasteiger partial charge is 0.452 e. The summed E-state index contributed by atoms with van der Waals surface area (Å²) in [6.45, 7) is 6.01. The van der Waals surface area contributed by atoms with Crippen molar-refractivity contribution in [3.05, 3.63) is 5.82 Å². The molecular weight excluding hydrogens is 253 g/mol. The van der Waals surface area contributed by atoms with Gasteiger partial charge >= 0.3 is 6.18 Å². The molecule has 0 fully saturated rings. The zero-order chi connectivity index (χ0) is 13.3. The first kappa shape index (κ1) is 14.2. The van der Waals surface area contributed by atoms with E-state index in [0.717, 1.165) is 0 Å². The fourth-order valence-corrected chi connectivity index (χ4v) is 1.79. The maximum absolute atomic E-state index is 12.3. The quantitative estimate of drug-likeness (QED) is 0.879. The van der Waals surface area contributed by atoms with Gasteiger partial charge in [0, 0.05) is 18.1 Å². The summed E-state index contributed by atoms with van der Waals surface area (Å²) in [6, 6.07) is 0. The fourth-order valence-electron chi connectivity index (χ4n) is 1.06. The van der Waals surface area contributed by atoms with E-state index in [1.807, 2.05) is 20.8 Å². The Kier molecular flexibility index (Phi) is 3.98. The van der Waals surface area contributed by atoms with Crippen LogP contribution in [0.4, 0.5) is 18.3 Å². The second kappa shape index (κ2) is 4.77. The van der Waals surface area contributed by atoms with Crippen molar-refractivity contribution in [2.45, 2.75) is 32.5 Å². The van der Waals surface area contributed by atoms with Gasteiger partial charge in [0.1, 0.15) is 0 Å². The van der Waals surface area contributed by atoms with Crippen molar-refractivity contribution in [1.82, 2.24) is 9.36 Å². The van der Waals surface area contributed by atoms with Gasteiger partial charge in [0.25, 0.3) is 0 Å². The van der Waals surface area contributed by atoms with Crippen molar-refractivity contribution >= 4 is 16.7 Å². The third-order valence-corrected chi connectivity index (χ3v) is 3.40. The van der Waals surface area contributed by atoms with Gasteiger partial charge in [-0.1, -0.05) is 13.8 Å². The van der Waals surface area contributed by atoms with Gasteiger partial charge in [0.2, 0.25) is 11.0 Å². The van der Waals surface area contributed by atoms with Crippen molar-refractivity contribution in [3.63, 3.8) is 0 Å². The third kappa shape index (κ3) is 3.29. The van der Waals surface area contributed by atoms with Crippen LogP contribution in [-0.2, 0) is 6.18 Å². The molecule has 1 rings (SSSR count). The Morgan fingerprint density at radius 1 is 1.41 bits per heavy atom. The fraction of sp³-hybridized carbons (Fsp3) is 0.778. The number of nitrogens with one attached hydrogen (secondary N) is 1. The topological polar surface area (TPSA) is 63.8 Å². The average molecular weight is 268 g/mol. The summed E-state index contributed by atoms with van der Waals surface area (Å²) in [7, 11) is 0. The molecule has 1 aromatic rings. The highest BCUT2D eigenvalue weighted by Gasteiger charge is 2.37. The summed E-state index contributed by atoms with van der Waals surface area (Å²) >= 11 is 0.688. The van der Waals surface area contributed by atoms with E-state index in [1.54, 1.807) is 0 Å². The highest BCUT2D eigenvalue weighted by Crippen LogP contribution is 2.30. The third-order valence-electron chi connectivity index (χ3n) is 2.77. The van der Waals surface area contributed by atoms with Crippen molar-refractivity contribution in [2.24, 2.45) is 11.7 Å². The molecule has 0 aromatic carbocycles. The van der Waals surface area contributed by atoms with Gasteiger partial charge in [0.15, 0.2) is 0 Å². The number of rotatable bonds is 4. The van der Waals surface area contributed by atoms with Crippen LogP contribution in [0, 0.1) is 5.92 Å². The Bertz CT molecular complexity index is 377. The first-order valence-corrected chi connectivity index (χ1v) is 5.85. The molecule has 0 radical (unpaired) electrons. The van der Waals surface area contributed by atoms with Gasteiger partial charge in [-0.2, -0.15) is 22.5 Å². The predicted octanol–water partition coefficient (Wildman–Crippen LogP) is 2.34. The van der Waals surface area contributed by atoms with Crippen LogP contribution in [0.25, 0.3) is 0 Å². The van der Waals surface area contributed by atoms with E-state index in [-0.39, 0.29) is 11.0 Å². The monoisotopic (exact) mass is 268 g/mol. The van der Waals surface area contributed by atoms with E-state index in [4.69, 9.17) is 5.73 Å². The van der Waals surface area contributed by atoms with Gasteiger partial charge in [-0.3, -0.25) is 0 Å². The second-order valence-electron chi connectivity index (χ2n) is 4.32. The van der Waals surface area contributed by atoms with E-state index >= 15 is 0 Å². The van der Waals surface area contributed by atoms with Crippen LogP contribution in [0.3, 0.4) is 0 Å². The van der Waals surface area contributed by atoms with Crippen LogP contribution in [-0.4, -0.2) is 21.4 Å². The first-order chi connectivity index (χ1) is 7.69. The van der Waals surface area contributed by atoms with Crippen LogP contribution in [0.1, 0.15) is 26.6 Å². The van der Waals surface area contributed by atoms with Crippen molar-refractivity contribution in [2.75, 3.05) is 11.9 Å². The summed E-state index contributed by atoms with van der Waals surface area (Å²) in [4.78, 5) is 3.41. The number of hydrogen-bond acceptors (Lipinski definition) is 5. The highest BCUT2D eigenvalue weighted by atomic mass is 32.1. The molecule has 98 valence electrons. The standard InChI is InChI=1S/C9H15F3N4S/c1-5(2)8(3,4-13)15-7-14-6(16-17-7)9(10,11)12/h5H,4,13H2,1-3H3,(H,14,15,16). The lowest BCUT2D eigenvalue weighted by Gasteiger charge is -2.33. The van der Waals surface area contributed by atoms with Crippen molar-refractivity contribution < 1.29 is 13.2 Å². The molecule has 0 spiro atoms. The Balaban J connectivity index is 2.86. The highest BCUT2D eigenvalue weighted by molar-refractivity contribution is 7.09. The minimum Gasteiger partial charge on any atom is -0.354 e. The van der Waals surface area contributed by atoms with Crippen LogP contribution in [0.15, 0.2) is 0 Å². The molecule has 0 aliphatic rings. The molecule has 0 saturated heterocycles. The first-order valence-electron chi connectivity index (χ1n) is 5.08. The lowest BCUT2D eigenvalue weighted by molar-refractivity contribution is -0.144. The summed E-state index contributed by atoms with van der Waals surface area (Å²) in [5, 5.41) is 3.05. The molecule has 0 aliphatic carbocycles. The summed E-state index contributed by atoms with van der Waals surface area (Å²) < 4.78 is 40.2. The number of halogens is 3. The van der Waals surface area contributed by atoms with E-state index in [0.29, 0.717) is 18.1 Å². The molecule has 1 heterocycles. The molecular formula is C9H15F3N4S. The molecule has 3 N–H and O–H groups in total. The molecule has 1 unspecified atom stereocenters. The Morgan fingerprint density at radius 2 is 2.00 bits per heavy atom. The zero-order valence-electron chi connectivity index (χ0n) is 9.80. The number of nitrogens with zero attached hydrogens (tertiary/aromatic N) is 2. The van der Waals surface area contributed by atoms with Gasteiger partial charge in [-0.25, -0.2) is 0 Å². The molecule has 1 aromatic heterocycles. The van der Waals surface area contributed by atoms with Gasteiger partial charge in [0.05, 0.1) is 5.54 Å². The molecule has 0 amide bonds. The van der Waals surface area contributed by atoms with Gasteiger partial charge in [-0.05, 0) is 12.8 Å². The van der Waals surface area contributed by atoms with E-state index in [1.165, 1.54) is 0 Å². The number of aromatic nitrogens is 2. The zero-order valence-corrected chi connectivity index (χ0v) is 10.6. The van der Waals surface area contributed by atoms with Gasteiger partial charge < -0.3 is 11.1 Å². The lowest BCUT2D eigenvalue weighted by Crippen LogP contribution is -2.47. The van der Waals surface area contributed by atoms with Crippen LogP contribution in [0.5, 0.6) is 0 Å². The average Bonchev–Trinajstić information content (AvgIpc) is 2.65. The molecule has 1 atom stereocenters. The molecule has 0 saturated carbocycles. The SMILES string of the molecule is CC(C)C(C)(CN)Nc1nc(C(F)(F)F)ns1. The summed E-state index contributed by atoms with van der Waals surface area (Å²) in [6.07, 6.45) is -4.51. The Hall–Kier alpha value is -0.890. The maximum atomic E-state index is 12.3. The summed E-state index contributed by atoms with van der Waals surface area (Å²) in [5.41, 5.74) is 5.12. The predicted molar refractivity (Wildman–Crippen MR) is 60.8 cm³/mol. The number of anilines is 1. The lowest BCUT2D eigenvalue weighted by atomic mass is 9.89. The summed E-state index contributed by atoms with van der Waals surface area (Å²) in [5.74, 6) is -0.959. The Morgan fingerprint density at radius 3 is 2.35 bits per heavy atom. The molecule has 0 aliphatic heterocycles. The van der Waals surface area contributed by atoms with Crippen LogP contribution >= 0.6 is 11.5 Å². The second-order valence-corrected chi connectivity index (χ2v) is 5.07. The molecule has 8 heteroatoms. The van der Waals surface area contributed by atoms with E-state index in [2.05, 4.69) is 14.7 Å². The molecule has 0 bridgehead atoms. The van der Waals surface area contributed by atoms with Gasteiger partial charge in [-0.15, -0.1) is 0 Å². The van der Waals surface area contributed by atoms with Crippen molar-refractivity contribution in [3.8, 4) is 0 Å². The Labute approximate surface area is 102 Å². The normalized spacial score (nSPS) is 16.0. The number of nitrogens with two attached hydrogens (primary N) is 1. The van der Waals surface area contributed by atoms with Crippen LogP contribution < -0.4 is 11.1 Å². The minimum atomic E-state index is -4.51. The minimum absolute atomic E-state index is 0.138. The van der Waals surface area contributed by atoms with Crippen LogP contribution in [0.2, 0.25) is 0 Å². The number of hydrogen-bond donors (Lipinski definition) is 2. The smallest absolute Gasteiger partial charge is 0.354 e. The maximum Gasteiger partial charge on any atom is 0.452 e. The van der Waals surface area contributed by atoms with E-state index in [9.17, 15) is 13.2 Å².